The Morgan fingerprint density at radius 1 is 1.03 bits per heavy atom. The fourth-order valence-electron chi connectivity index (χ4n) is 4.94. The minimum Gasteiger partial charge on any atom is -0.326 e. The lowest BCUT2D eigenvalue weighted by atomic mass is 9.85. The summed E-state index contributed by atoms with van der Waals surface area (Å²) in [6.45, 7) is 8.29. The molecule has 1 N–H and O–H groups in total. The number of nitrogens with one attached hydrogen (secondary N) is 1. The summed E-state index contributed by atoms with van der Waals surface area (Å²) in [7, 11) is 0. The van der Waals surface area contributed by atoms with Crippen LogP contribution in [0.5, 0.6) is 0 Å². The third-order valence-electron chi connectivity index (χ3n) is 6.67. The minimum absolute atomic E-state index is 0.0175. The van der Waals surface area contributed by atoms with Crippen molar-refractivity contribution in [2.45, 2.75) is 89.9 Å². The lowest BCUT2D eigenvalue weighted by molar-refractivity contribution is -0.191. The van der Waals surface area contributed by atoms with Gasteiger partial charge < -0.3 is 10.2 Å². The van der Waals surface area contributed by atoms with Gasteiger partial charge in [0.05, 0.1) is 5.57 Å². The number of nitrogens with zero attached hydrogens (tertiary/aromatic N) is 1. The van der Waals surface area contributed by atoms with Crippen LogP contribution < -0.4 is 5.32 Å². The number of hydrogen-bond acceptors (Lipinski definition) is 3. The molecule has 1 atom stereocenters. The zero-order valence-electron chi connectivity index (χ0n) is 19.7. The molecule has 0 radical (unpaired) electrons. The largest absolute Gasteiger partial charge is 0.425 e. The van der Waals surface area contributed by atoms with Crippen molar-refractivity contribution in [2.24, 2.45) is 0 Å². The van der Waals surface area contributed by atoms with Crippen molar-refractivity contribution in [1.29, 1.82) is 0 Å². The van der Waals surface area contributed by atoms with Crippen molar-refractivity contribution >= 4 is 17.6 Å². The van der Waals surface area contributed by atoms with Crippen molar-refractivity contribution in [3.8, 4) is 0 Å². The summed E-state index contributed by atoms with van der Waals surface area (Å²) in [5, 5.41) is 1.95. The molecule has 0 bridgehead atoms. The summed E-state index contributed by atoms with van der Waals surface area (Å²) in [4.78, 5) is 40.0. The predicted octanol–water partition coefficient (Wildman–Crippen LogP) is 5.05. The van der Waals surface area contributed by atoms with E-state index in [1.165, 1.54) is 19.1 Å². The standard InChI is InChI=1S/C25H31F3N2O3/c1-15-20(16(2)31)24(25(26,27)28,22(33)30(15)19-9-7-6-8-10-19)29-21(32)17-11-13-18(14-12-17)23(3,4)5/h11-14,19H,6-10H2,1-5H3,(H,29,32)/t24-/m0/s1. The maximum absolute atomic E-state index is 14.6. The molecule has 180 valence electrons. The number of carbonyl (C=O) groups excluding carboxylic acids is 3. The molecule has 1 aliphatic carbocycles. The van der Waals surface area contributed by atoms with Crippen LogP contribution in [0.25, 0.3) is 0 Å². The molecule has 1 heterocycles. The number of benzene rings is 1. The van der Waals surface area contributed by atoms with Crippen LogP contribution >= 0.6 is 0 Å². The molecule has 0 saturated heterocycles. The van der Waals surface area contributed by atoms with E-state index in [9.17, 15) is 27.6 Å². The first kappa shape index (κ1) is 25.0. The maximum atomic E-state index is 14.6. The molecule has 1 fully saturated rings. The van der Waals surface area contributed by atoms with Crippen LogP contribution in [0, 0.1) is 0 Å². The molecule has 1 saturated carbocycles. The Hall–Kier alpha value is -2.64. The number of alkyl halides is 3. The Balaban J connectivity index is 2.06. The highest BCUT2D eigenvalue weighted by molar-refractivity contribution is 6.13. The molecule has 0 spiro atoms. The van der Waals surface area contributed by atoms with Crippen LogP contribution in [0.1, 0.15) is 82.6 Å². The summed E-state index contributed by atoms with van der Waals surface area (Å²) >= 11 is 0. The van der Waals surface area contributed by atoms with E-state index in [0.717, 1.165) is 36.6 Å². The topological polar surface area (TPSA) is 66.5 Å². The number of hydrogen-bond donors (Lipinski definition) is 1. The quantitative estimate of drug-likeness (QED) is 0.678. The highest BCUT2D eigenvalue weighted by Gasteiger charge is 2.70. The van der Waals surface area contributed by atoms with Crippen molar-refractivity contribution in [2.75, 3.05) is 0 Å². The molecule has 33 heavy (non-hydrogen) atoms. The molecule has 3 rings (SSSR count). The lowest BCUT2D eigenvalue weighted by Crippen LogP contribution is -2.66. The van der Waals surface area contributed by atoms with Gasteiger partial charge in [-0.1, -0.05) is 52.2 Å². The Kier molecular flexibility index (Phi) is 6.52. The number of Topliss-reactive ketones (excluding diaryl/α,β-unsaturated/α-hetero) is 1. The average Bonchev–Trinajstić information content (AvgIpc) is 2.95. The average molecular weight is 465 g/mol. The zero-order chi connectivity index (χ0) is 24.8. The van der Waals surface area contributed by atoms with E-state index in [4.69, 9.17) is 0 Å². The van der Waals surface area contributed by atoms with E-state index < -0.39 is 40.9 Å². The Morgan fingerprint density at radius 3 is 2.03 bits per heavy atom. The molecular formula is C25H31F3N2O3. The van der Waals surface area contributed by atoms with E-state index in [1.54, 1.807) is 12.1 Å². The van der Waals surface area contributed by atoms with Gasteiger partial charge in [-0.3, -0.25) is 14.4 Å². The molecule has 1 aromatic carbocycles. The number of ketones is 1. The highest BCUT2D eigenvalue weighted by atomic mass is 19.4. The van der Waals surface area contributed by atoms with Gasteiger partial charge in [0.25, 0.3) is 11.8 Å². The van der Waals surface area contributed by atoms with Gasteiger partial charge in [0.1, 0.15) is 0 Å². The van der Waals surface area contributed by atoms with Crippen molar-refractivity contribution < 1.29 is 27.6 Å². The first-order valence-electron chi connectivity index (χ1n) is 11.3. The summed E-state index contributed by atoms with van der Waals surface area (Å²) in [6.07, 6.45) is -1.54. The Bertz CT molecular complexity index is 984. The van der Waals surface area contributed by atoms with Gasteiger partial charge in [0.15, 0.2) is 5.78 Å². The van der Waals surface area contributed by atoms with Crippen LogP contribution in [-0.2, 0) is 15.0 Å². The van der Waals surface area contributed by atoms with Gasteiger partial charge in [-0.2, -0.15) is 13.2 Å². The van der Waals surface area contributed by atoms with E-state index in [-0.39, 0.29) is 16.7 Å². The predicted molar refractivity (Wildman–Crippen MR) is 118 cm³/mol. The summed E-state index contributed by atoms with van der Waals surface area (Å²) < 4.78 is 43.9. The maximum Gasteiger partial charge on any atom is 0.425 e. The number of rotatable bonds is 4. The smallest absolute Gasteiger partial charge is 0.326 e. The highest BCUT2D eigenvalue weighted by Crippen LogP contribution is 2.47. The molecule has 1 aromatic rings. The van der Waals surface area contributed by atoms with Crippen molar-refractivity contribution in [1.82, 2.24) is 10.2 Å². The Labute approximate surface area is 192 Å². The zero-order valence-corrected chi connectivity index (χ0v) is 19.7. The van der Waals surface area contributed by atoms with Crippen LogP contribution in [0.3, 0.4) is 0 Å². The van der Waals surface area contributed by atoms with Crippen LogP contribution in [-0.4, -0.2) is 40.3 Å². The molecule has 8 heteroatoms. The number of allylic oxidation sites excluding steroid dienone is 1. The van der Waals surface area contributed by atoms with E-state index in [2.05, 4.69) is 0 Å². The van der Waals surface area contributed by atoms with E-state index in [0.29, 0.717) is 12.8 Å². The number of amides is 2. The second-order valence-corrected chi connectivity index (χ2v) is 10.0. The van der Waals surface area contributed by atoms with Gasteiger partial charge in [-0.05, 0) is 49.8 Å². The first-order valence-corrected chi connectivity index (χ1v) is 11.3. The molecule has 5 nitrogen and oxygen atoms in total. The monoisotopic (exact) mass is 464 g/mol. The van der Waals surface area contributed by atoms with Crippen molar-refractivity contribution in [3.63, 3.8) is 0 Å². The minimum atomic E-state index is -5.20. The van der Waals surface area contributed by atoms with Crippen LogP contribution in [0.15, 0.2) is 35.5 Å². The van der Waals surface area contributed by atoms with Crippen LogP contribution in [0.4, 0.5) is 13.2 Å². The Morgan fingerprint density at radius 2 is 1.58 bits per heavy atom. The third kappa shape index (κ3) is 4.32. The normalized spacial score (nSPS) is 22.7. The third-order valence-corrected chi connectivity index (χ3v) is 6.67. The summed E-state index contributed by atoms with van der Waals surface area (Å²) in [5.74, 6) is -3.25. The van der Waals surface area contributed by atoms with Crippen LogP contribution in [0.2, 0.25) is 0 Å². The molecular weight excluding hydrogens is 433 g/mol. The van der Waals surface area contributed by atoms with Gasteiger partial charge in [0.2, 0.25) is 5.54 Å². The lowest BCUT2D eigenvalue weighted by Gasteiger charge is -2.36. The molecule has 2 amide bonds. The van der Waals surface area contributed by atoms with Gasteiger partial charge in [0, 0.05) is 17.3 Å². The molecule has 1 aliphatic heterocycles. The van der Waals surface area contributed by atoms with E-state index in [1.807, 2.05) is 26.1 Å². The molecule has 0 aromatic heterocycles. The summed E-state index contributed by atoms with van der Waals surface area (Å²) in [6, 6.07) is 5.79. The van der Waals surface area contributed by atoms with Crippen molar-refractivity contribution in [3.05, 3.63) is 46.7 Å². The second kappa shape index (κ2) is 8.61. The molecule has 2 aliphatic rings. The van der Waals surface area contributed by atoms with E-state index >= 15 is 0 Å². The fraction of sp³-hybridized carbons (Fsp3) is 0.560. The fourth-order valence-corrected chi connectivity index (χ4v) is 4.94. The van der Waals surface area contributed by atoms with Gasteiger partial charge >= 0.3 is 6.18 Å². The summed E-state index contributed by atoms with van der Waals surface area (Å²) in [5.41, 5.74) is -3.45. The molecule has 0 unspecified atom stereocenters. The van der Waals surface area contributed by atoms with Gasteiger partial charge in [-0.25, -0.2) is 0 Å². The number of halogens is 3. The second-order valence-electron chi connectivity index (χ2n) is 10.0. The first-order chi connectivity index (χ1) is 15.2. The van der Waals surface area contributed by atoms with Gasteiger partial charge in [-0.15, -0.1) is 0 Å². The SMILES string of the molecule is CC(=O)C1=C(C)N(C2CCCCC2)C(=O)[C@]1(NC(=O)c1ccc(C(C)(C)C)cc1)C(F)(F)F. The number of carbonyl (C=O) groups is 3.